The zero-order valence-electron chi connectivity index (χ0n) is 8.71. The third kappa shape index (κ3) is 3.90. The second-order valence-electron chi connectivity index (χ2n) is 2.96. The van der Waals surface area contributed by atoms with Crippen molar-refractivity contribution in [2.24, 2.45) is 0 Å². The van der Waals surface area contributed by atoms with Crippen molar-refractivity contribution in [2.45, 2.75) is 0 Å². The molecule has 0 spiro atoms. The van der Waals surface area contributed by atoms with Crippen LogP contribution >= 0.6 is 15.9 Å². The van der Waals surface area contributed by atoms with E-state index in [-0.39, 0.29) is 17.3 Å². The zero-order chi connectivity index (χ0) is 12.0. The Morgan fingerprint density at radius 1 is 1.12 bits per heavy atom. The minimum Gasteiger partial charge on any atom is -0.341 e. The molecule has 86 valence electrons. The molecule has 0 aliphatic heterocycles. The van der Waals surface area contributed by atoms with Gasteiger partial charge in [0.15, 0.2) is 0 Å². The molecule has 0 unspecified atom stereocenters. The molecule has 0 bridgehead atoms. The number of benzene rings is 1. The first kappa shape index (κ1) is 12.5. The van der Waals surface area contributed by atoms with Crippen molar-refractivity contribution in [3.05, 3.63) is 24.3 Å². The molecule has 16 heavy (non-hydrogen) atoms. The highest BCUT2D eigenvalue weighted by Gasteiger charge is 2.01. The van der Waals surface area contributed by atoms with E-state index in [1.165, 1.54) is 0 Å². The first-order chi connectivity index (χ1) is 7.65. The molecule has 0 radical (unpaired) electrons. The number of hydrogen-bond donors (Lipinski definition) is 3. The summed E-state index contributed by atoms with van der Waals surface area (Å²) in [5, 5.41) is 7.98. The monoisotopic (exact) mass is 285 g/mol. The molecule has 0 atom stereocenters. The van der Waals surface area contributed by atoms with Crippen molar-refractivity contribution < 1.29 is 9.59 Å². The summed E-state index contributed by atoms with van der Waals surface area (Å²) in [6.45, 7) is 0. The summed E-state index contributed by atoms with van der Waals surface area (Å²) in [5.74, 6) is -0.119. The molecule has 1 aromatic rings. The minimum absolute atomic E-state index is 0.119. The molecule has 0 saturated heterocycles. The molecule has 0 heterocycles. The van der Waals surface area contributed by atoms with Crippen LogP contribution in [0.5, 0.6) is 0 Å². The van der Waals surface area contributed by atoms with E-state index in [2.05, 4.69) is 31.9 Å². The van der Waals surface area contributed by atoms with E-state index < -0.39 is 0 Å². The largest absolute Gasteiger partial charge is 0.341 e. The normalized spacial score (nSPS) is 9.38. The molecule has 0 saturated carbocycles. The lowest BCUT2D eigenvalue weighted by atomic mass is 10.3. The number of halogens is 1. The summed E-state index contributed by atoms with van der Waals surface area (Å²) >= 11 is 3.05. The van der Waals surface area contributed by atoms with Gasteiger partial charge in [0.25, 0.3) is 0 Å². The summed E-state index contributed by atoms with van der Waals surface area (Å²) in [5.41, 5.74) is 1.35. The van der Waals surface area contributed by atoms with Crippen molar-refractivity contribution in [3.8, 4) is 0 Å². The van der Waals surface area contributed by atoms with Gasteiger partial charge in [-0.25, -0.2) is 4.79 Å². The van der Waals surface area contributed by atoms with Crippen LogP contribution in [0.25, 0.3) is 0 Å². The number of amides is 3. The molecule has 5 nitrogen and oxygen atoms in total. The van der Waals surface area contributed by atoms with Gasteiger partial charge in [-0.1, -0.05) is 15.9 Å². The van der Waals surface area contributed by atoms with E-state index in [1.54, 1.807) is 31.3 Å². The van der Waals surface area contributed by atoms with Crippen LogP contribution in [0.4, 0.5) is 16.2 Å². The molecule has 0 fully saturated rings. The van der Waals surface area contributed by atoms with Crippen molar-refractivity contribution in [3.63, 3.8) is 0 Å². The average molecular weight is 286 g/mol. The predicted molar refractivity (Wildman–Crippen MR) is 66.9 cm³/mol. The second kappa shape index (κ2) is 6.12. The highest BCUT2D eigenvalue weighted by molar-refractivity contribution is 9.09. The minimum atomic E-state index is -0.280. The zero-order valence-corrected chi connectivity index (χ0v) is 10.3. The second-order valence-corrected chi connectivity index (χ2v) is 3.52. The fourth-order valence-electron chi connectivity index (χ4n) is 1.02. The van der Waals surface area contributed by atoms with Crippen LogP contribution in [-0.2, 0) is 4.79 Å². The molecule has 0 aromatic heterocycles. The van der Waals surface area contributed by atoms with Crippen LogP contribution in [0.2, 0.25) is 0 Å². The number of alkyl halides is 1. The van der Waals surface area contributed by atoms with Crippen LogP contribution < -0.4 is 16.0 Å². The van der Waals surface area contributed by atoms with Gasteiger partial charge in [-0.15, -0.1) is 0 Å². The van der Waals surface area contributed by atoms with Crippen LogP contribution in [-0.4, -0.2) is 24.3 Å². The molecular weight excluding hydrogens is 274 g/mol. The Morgan fingerprint density at radius 3 is 2.06 bits per heavy atom. The third-order valence-electron chi connectivity index (χ3n) is 1.77. The van der Waals surface area contributed by atoms with Gasteiger partial charge >= 0.3 is 6.03 Å². The summed E-state index contributed by atoms with van der Waals surface area (Å²) < 4.78 is 0. The lowest BCUT2D eigenvalue weighted by Crippen LogP contribution is -2.24. The molecule has 3 N–H and O–H groups in total. The molecule has 3 amide bonds. The van der Waals surface area contributed by atoms with Gasteiger partial charge in [0, 0.05) is 18.4 Å². The van der Waals surface area contributed by atoms with Crippen LogP contribution in [0, 0.1) is 0 Å². The SMILES string of the molecule is CNC(=O)Nc1ccc(NC(=O)CBr)cc1. The number of carbonyl (C=O) groups is 2. The lowest BCUT2D eigenvalue weighted by Gasteiger charge is -2.06. The van der Waals surface area contributed by atoms with Gasteiger partial charge in [0.2, 0.25) is 5.91 Å². The average Bonchev–Trinajstić information content (AvgIpc) is 2.31. The molecule has 6 heteroatoms. The topological polar surface area (TPSA) is 70.2 Å². The maximum atomic E-state index is 11.1. The standard InChI is InChI=1S/C10H12BrN3O2/c1-12-10(16)14-8-4-2-7(3-5-8)13-9(15)6-11/h2-5H,6H2,1H3,(H,13,15)(H2,12,14,16). The smallest absolute Gasteiger partial charge is 0.318 e. The highest BCUT2D eigenvalue weighted by atomic mass is 79.9. The number of anilines is 2. The Hall–Kier alpha value is -1.56. The van der Waals surface area contributed by atoms with Crippen LogP contribution in [0.1, 0.15) is 0 Å². The third-order valence-corrected chi connectivity index (χ3v) is 2.28. The van der Waals surface area contributed by atoms with Gasteiger partial charge in [0.1, 0.15) is 0 Å². The summed E-state index contributed by atoms with van der Waals surface area (Å²) in [7, 11) is 1.54. The predicted octanol–water partition coefficient (Wildman–Crippen LogP) is 1.77. The fourth-order valence-corrected chi connectivity index (χ4v) is 1.17. The van der Waals surface area contributed by atoms with E-state index >= 15 is 0 Å². The first-order valence-corrected chi connectivity index (χ1v) is 5.72. The van der Waals surface area contributed by atoms with Gasteiger partial charge < -0.3 is 16.0 Å². The highest BCUT2D eigenvalue weighted by Crippen LogP contribution is 2.13. The first-order valence-electron chi connectivity index (χ1n) is 4.60. The van der Waals surface area contributed by atoms with Crippen molar-refractivity contribution >= 4 is 39.2 Å². The van der Waals surface area contributed by atoms with E-state index in [9.17, 15) is 9.59 Å². The molecule has 1 rings (SSSR count). The summed E-state index contributed by atoms with van der Waals surface area (Å²) in [6, 6.07) is 6.56. The maximum absolute atomic E-state index is 11.1. The van der Waals surface area contributed by atoms with Crippen LogP contribution in [0.15, 0.2) is 24.3 Å². The number of rotatable bonds is 3. The number of nitrogens with one attached hydrogen (secondary N) is 3. The Kier molecular flexibility index (Phi) is 4.78. The van der Waals surface area contributed by atoms with Crippen LogP contribution in [0.3, 0.4) is 0 Å². The van der Waals surface area contributed by atoms with Crippen molar-refractivity contribution in [1.82, 2.24) is 5.32 Å². The Balaban J connectivity index is 2.60. The maximum Gasteiger partial charge on any atom is 0.318 e. The number of carbonyl (C=O) groups excluding carboxylic acids is 2. The van der Waals surface area contributed by atoms with Gasteiger partial charge in [-0.3, -0.25) is 4.79 Å². The van der Waals surface area contributed by atoms with E-state index in [0.29, 0.717) is 11.4 Å². The lowest BCUT2D eigenvalue weighted by molar-refractivity contribution is -0.113. The Labute approximate surface area is 102 Å². The van der Waals surface area contributed by atoms with Gasteiger partial charge in [-0.05, 0) is 24.3 Å². The van der Waals surface area contributed by atoms with Gasteiger partial charge in [0.05, 0.1) is 5.33 Å². The fraction of sp³-hybridized carbons (Fsp3) is 0.200. The molecular formula is C10H12BrN3O2. The molecule has 0 aliphatic carbocycles. The van der Waals surface area contributed by atoms with Gasteiger partial charge in [-0.2, -0.15) is 0 Å². The molecule has 0 aliphatic rings. The van der Waals surface area contributed by atoms with E-state index in [0.717, 1.165) is 0 Å². The van der Waals surface area contributed by atoms with E-state index in [4.69, 9.17) is 0 Å². The Bertz CT molecular complexity index is 341. The number of urea groups is 1. The summed E-state index contributed by atoms with van der Waals surface area (Å²) in [6.07, 6.45) is 0. The number of hydrogen-bond acceptors (Lipinski definition) is 2. The molecule has 1 aromatic carbocycles. The van der Waals surface area contributed by atoms with E-state index in [1.807, 2.05) is 0 Å². The summed E-state index contributed by atoms with van der Waals surface area (Å²) in [4.78, 5) is 22.0. The Morgan fingerprint density at radius 2 is 1.62 bits per heavy atom. The van der Waals surface area contributed by atoms with Crippen molar-refractivity contribution in [2.75, 3.05) is 23.0 Å². The van der Waals surface area contributed by atoms with Crippen molar-refractivity contribution in [1.29, 1.82) is 0 Å². The quantitative estimate of drug-likeness (QED) is 0.741.